The zero-order chi connectivity index (χ0) is 22.4. The summed E-state index contributed by atoms with van der Waals surface area (Å²) in [5.41, 5.74) is 8.71. The van der Waals surface area contributed by atoms with Gasteiger partial charge in [-0.25, -0.2) is 4.79 Å². The Balaban J connectivity index is 1.70. The molecule has 0 spiro atoms. The largest absolute Gasteiger partial charge is 0.416 e. The van der Waals surface area contributed by atoms with Crippen molar-refractivity contribution in [3.8, 4) is 0 Å². The summed E-state index contributed by atoms with van der Waals surface area (Å²) in [4.78, 5) is 16.1. The quantitative estimate of drug-likeness (QED) is 0.369. The van der Waals surface area contributed by atoms with E-state index in [0.717, 1.165) is 17.7 Å². The number of rotatable bonds is 5. The van der Waals surface area contributed by atoms with Crippen LogP contribution in [0.5, 0.6) is 0 Å². The van der Waals surface area contributed by atoms with Crippen LogP contribution in [0.1, 0.15) is 22.3 Å². The lowest BCUT2D eigenvalue weighted by Crippen LogP contribution is -2.20. The molecule has 4 N–H and O–H groups in total. The third kappa shape index (κ3) is 6.08. The average Bonchev–Trinajstić information content (AvgIpc) is 2.72. The van der Waals surface area contributed by atoms with Gasteiger partial charge in [0, 0.05) is 23.5 Å². The van der Waals surface area contributed by atoms with Gasteiger partial charge in [0.05, 0.1) is 5.56 Å². The Hall–Kier alpha value is -3.81. The van der Waals surface area contributed by atoms with Gasteiger partial charge < -0.3 is 16.4 Å². The first kappa shape index (κ1) is 21.9. The number of halogens is 3. The number of aliphatic imine (C=N–C) groups is 1. The number of nitrogens with zero attached hydrogens (tertiary/aromatic N) is 1. The van der Waals surface area contributed by atoms with Crippen molar-refractivity contribution < 1.29 is 18.0 Å². The van der Waals surface area contributed by atoms with Crippen LogP contribution in [0.4, 0.5) is 29.3 Å². The number of anilines is 2. The van der Waals surface area contributed by atoms with Crippen molar-refractivity contribution in [2.24, 2.45) is 10.7 Å². The molecule has 5 nitrogen and oxygen atoms in total. The Labute approximate surface area is 177 Å². The van der Waals surface area contributed by atoms with E-state index in [-0.39, 0.29) is 12.4 Å². The molecule has 2 amide bonds. The fourth-order valence-electron chi connectivity index (χ4n) is 2.91. The van der Waals surface area contributed by atoms with Crippen LogP contribution in [-0.4, -0.2) is 11.9 Å². The topological polar surface area (TPSA) is 79.5 Å². The monoisotopic (exact) mass is 426 g/mol. The van der Waals surface area contributed by atoms with Gasteiger partial charge in [-0.15, -0.1) is 0 Å². The third-order valence-electron chi connectivity index (χ3n) is 4.46. The molecular weight excluding hydrogens is 405 g/mol. The van der Waals surface area contributed by atoms with E-state index in [1.165, 1.54) is 12.1 Å². The summed E-state index contributed by atoms with van der Waals surface area (Å²) in [5.74, 6) is 0.0145. The molecular formula is C23H21F3N4O. The maximum Gasteiger partial charge on any atom is 0.416 e. The molecule has 8 heteroatoms. The first-order valence-electron chi connectivity index (χ1n) is 9.43. The van der Waals surface area contributed by atoms with Crippen molar-refractivity contribution in [1.29, 1.82) is 0 Å². The van der Waals surface area contributed by atoms with Gasteiger partial charge in [0.2, 0.25) is 0 Å². The third-order valence-corrected chi connectivity index (χ3v) is 4.46. The van der Waals surface area contributed by atoms with E-state index in [4.69, 9.17) is 5.73 Å². The number of hydrogen-bond donors (Lipinski definition) is 3. The Bertz CT molecular complexity index is 1090. The Morgan fingerprint density at radius 2 is 1.71 bits per heavy atom. The summed E-state index contributed by atoms with van der Waals surface area (Å²) < 4.78 is 38.1. The molecule has 0 heterocycles. The summed E-state index contributed by atoms with van der Waals surface area (Å²) in [5, 5.41) is 5.78. The lowest BCUT2D eigenvalue weighted by atomic mass is 10.1. The highest BCUT2D eigenvalue weighted by Gasteiger charge is 2.29. The van der Waals surface area contributed by atoms with Crippen LogP contribution in [0.2, 0.25) is 0 Å². The second-order valence-electron chi connectivity index (χ2n) is 6.89. The summed E-state index contributed by atoms with van der Waals surface area (Å²) in [6.45, 7) is 2.18. The minimum atomic E-state index is -4.37. The highest BCUT2D eigenvalue weighted by atomic mass is 19.4. The molecule has 3 aromatic rings. The van der Waals surface area contributed by atoms with Crippen LogP contribution in [0.25, 0.3) is 0 Å². The van der Waals surface area contributed by atoms with E-state index in [2.05, 4.69) is 15.6 Å². The van der Waals surface area contributed by atoms with Crippen molar-refractivity contribution in [2.45, 2.75) is 19.6 Å². The van der Waals surface area contributed by atoms with Gasteiger partial charge in [0.25, 0.3) is 0 Å². The molecule has 0 aliphatic heterocycles. The predicted molar refractivity (Wildman–Crippen MR) is 116 cm³/mol. The molecule has 0 aromatic heterocycles. The van der Waals surface area contributed by atoms with E-state index < -0.39 is 17.8 Å². The predicted octanol–water partition coefficient (Wildman–Crippen LogP) is 5.56. The summed E-state index contributed by atoms with van der Waals surface area (Å²) in [6.07, 6.45) is -4.37. The molecule has 0 saturated heterocycles. The summed E-state index contributed by atoms with van der Waals surface area (Å²) in [7, 11) is 0. The Morgan fingerprint density at radius 1 is 1.00 bits per heavy atom. The molecule has 31 heavy (non-hydrogen) atoms. The fourth-order valence-corrected chi connectivity index (χ4v) is 2.91. The van der Waals surface area contributed by atoms with Crippen molar-refractivity contribution in [3.05, 3.63) is 95.1 Å². The molecule has 160 valence electrons. The maximum atomic E-state index is 12.7. The SMILES string of the molecule is Cc1cccc(NC(=O)/N=C(\N)c2ccccc2NCc2ccc(C(F)(F)F)cc2)c1. The smallest absolute Gasteiger partial charge is 0.383 e. The zero-order valence-corrected chi connectivity index (χ0v) is 16.7. The number of nitrogens with two attached hydrogens (primary N) is 1. The van der Waals surface area contributed by atoms with Crippen molar-refractivity contribution in [3.63, 3.8) is 0 Å². The lowest BCUT2D eigenvalue weighted by Gasteiger charge is -2.13. The Kier molecular flexibility index (Phi) is 6.59. The molecule has 0 radical (unpaired) electrons. The fraction of sp³-hybridized carbons (Fsp3) is 0.130. The molecule has 0 aliphatic carbocycles. The number of amidine groups is 1. The van der Waals surface area contributed by atoms with Crippen LogP contribution in [-0.2, 0) is 12.7 Å². The number of benzene rings is 3. The molecule has 3 aromatic carbocycles. The number of aryl methyl sites for hydroxylation is 1. The lowest BCUT2D eigenvalue weighted by molar-refractivity contribution is -0.137. The van der Waals surface area contributed by atoms with E-state index in [1.807, 2.05) is 25.1 Å². The molecule has 0 bridgehead atoms. The van der Waals surface area contributed by atoms with Crippen molar-refractivity contribution >= 4 is 23.2 Å². The van der Waals surface area contributed by atoms with Crippen molar-refractivity contribution in [2.75, 3.05) is 10.6 Å². The number of carbonyl (C=O) groups excluding carboxylic acids is 1. The summed E-state index contributed by atoms with van der Waals surface area (Å²) >= 11 is 0. The van der Waals surface area contributed by atoms with Crippen LogP contribution >= 0.6 is 0 Å². The molecule has 0 atom stereocenters. The first-order chi connectivity index (χ1) is 14.7. The van der Waals surface area contributed by atoms with Crippen LogP contribution in [0.3, 0.4) is 0 Å². The highest BCUT2D eigenvalue weighted by Crippen LogP contribution is 2.29. The van der Waals surface area contributed by atoms with Crippen molar-refractivity contribution in [1.82, 2.24) is 0 Å². The second-order valence-corrected chi connectivity index (χ2v) is 6.89. The minimum Gasteiger partial charge on any atom is -0.383 e. The van der Waals surface area contributed by atoms with Gasteiger partial charge in [-0.3, -0.25) is 0 Å². The average molecular weight is 426 g/mol. The molecule has 0 saturated carbocycles. The van der Waals surface area contributed by atoms with Gasteiger partial charge in [-0.2, -0.15) is 18.2 Å². The van der Waals surface area contributed by atoms with Gasteiger partial charge in [0.1, 0.15) is 5.84 Å². The van der Waals surface area contributed by atoms with E-state index >= 15 is 0 Å². The number of amides is 2. The van der Waals surface area contributed by atoms with Crippen LogP contribution in [0.15, 0.2) is 77.8 Å². The minimum absolute atomic E-state index is 0.0145. The first-order valence-corrected chi connectivity index (χ1v) is 9.43. The summed E-state index contributed by atoms with van der Waals surface area (Å²) in [6, 6.07) is 18.5. The number of hydrogen-bond acceptors (Lipinski definition) is 2. The molecule has 0 unspecified atom stereocenters. The standard InChI is InChI=1S/C23H21F3N4O/c1-15-5-4-6-18(13-15)29-22(31)30-21(27)19-7-2-3-8-20(19)28-14-16-9-11-17(12-10-16)23(24,25)26/h2-13,28H,14H2,1H3,(H3,27,29,30,31). The second kappa shape index (κ2) is 9.34. The number of carbonyl (C=O) groups is 1. The van der Waals surface area contributed by atoms with Gasteiger partial charge in [-0.05, 0) is 54.4 Å². The molecule has 0 aliphatic rings. The van der Waals surface area contributed by atoms with E-state index in [9.17, 15) is 18.0 Å². The zero-order valence-electron chi connectivity index (χ0n) is 16.7. The number of para-hydroxylation sites is 1. The van der Waals surface area contributed by atoms with Crippen LogP contribution in [0, 0.1) is 6.92 Å². The highest BCUT2D eigenvalue weighted by molar-refractivity contribution is 6.09. The maximum absolute atomic E-state index is 12.7. The van der Waals surface area contributed by atoms with Gasteiger partial charge in [0.15, 0.2) is 0 Å². The van der Waals surface area contributed by atoms with E-state index in [1.54, 1.807) is 30.3 Å². The van der Waals surface area contributed by atoms with E-state index in [0.29, 0.717) is 22.5 Å². The molecule has 3 rings (SSSR count). The van der Waals surface area contributed by atoms with Crippen LogP contribution < -0.4 is 16.4 Å². The number of alkyl halides is 3. The van der Waals surface area contributed by atoms with Gasteiger partial charge in [-0.1, -0.05) is 36.4 Å². The number of urea groups is 1. The Morgan fingerprint density at radius 3 is 2.39 bits per heavy atom. The normalized spacial score (nSPS) is 11.8. The number of nitrogens with one attached hydrogen (secondary N) is 2. The van der Waals surface area contributed by atoms with Gasteiger partial charge >= 0.3 is 12.2 Å². The molecule has 0 fully saturated rings.